The van der Waals surface area contributed by atoms with E-state index in [0.717, 1.165) is 32.5 Å². The van der Waals surface area contributed by atoms with Crippen molar-refractivity contribution in [3.05, 3.63) is 0 Å². The Kier molecular flexibility index (Phi) is 5.44. The molecular formula is C16H31N3O. The normalized spacial score (nSPS) is 38.9. The Labute approximate surface area is 123 Å². The number of amides is 1. The Bertz CT molecular complexity index is 334. The summed E-state index contributed by atoms with van der Waals surface area (Å²) in [7, 11) is 0. The van der Waals surface area contributed by atoms with Crippen LogP contribution in [0.4, 0.5) is 0 Å². The van der Waals surface area contributed by atoms with Crippen molar-refractivity contribution in [2.75, 3.05) is 26.2 Å². The molecule has 2 rings (SSSR count). The molecule has 20 heavy (non-hydrogen) atoms. The van der Waals surface area contributed by atoms with E-state index in [0.29, 0.717) is 17.8 Å². The smallest absolute Gasteiger partial charge is 0.223 e. The lowest BCUT2D eigenvalue weighted by atomic mass is 9.72. The standard InChI is InChI=1S/C16H31N3O/c1-4-19-6-5-13(10-19)9-18-16(20)14-8-15(17)12(3)7-11(14)2/h11-15H,4-10,17H2,1-3H3,(H,18,20). The lowest BCUT2D eigenvalue weighted by molar-refractivity contribution is -0.128. The maximum Gasteiger partial charge on any atom is 0.223 e. The molecule has 2 fully saturated rings. The molecule has 0 aromatic carbocycles. The highest BCUT2D eigenvalue weighted by Gasteiger charge is 2.35. The molecule has 0 radical (unpaired) electrons. The van der Waals surface area contributed by atoms with Crippen LogP contribution in [0.2, 0.25) is 0 Å². The minimum atomic E-state index is 0.116. The first kappa shape index (κ1) is 15.8. The second-order valence-corrected chi connectivity index (χ2v) is 6.99. The number of likely N-dealkylation sites (tertiary alicyclic amines) is 1. The number of nitrogens with one attached hydrogen (secondary N) is 1. The van der Waals surface area contributed by atoms with Crippen molar-refractivity contribution in [3.63, 3.8) is 0 Å². The van der Waals surface area contributed by atoms with Gasteiger partial charge in [-0.05, 0) is 50.1 Å². The number of rotatable bonds is 4. The van der Waals surface area contributed by atoms with E-state index in [1.807, 2.05) is 0 Å². The van der Waals surface area contributed by atoms with E-state index in [2.05, 4.69) is 31.0 Å². The molecule has 0 aromatic heterocycles. The number of hydrogen-bond donors (Lipinski definition) is 2. The van der Waals surface area contributed by atoms with E-state index in [4.69, 9.17) is 5.73 Å². The van der Waals surface area contributed by atoms with Gasteiger partial charge in [0, 0.05) is 25.0 Å². The molecule has 5 atom stereocenters. The van der Waals surface area contributed by atoms with Crippen LogP contribution in [0.3, 0.4) is 0 Å². The highest BCUT2D eigenvalue weighted by atomic mass is 16.1. The van der Waals surface area contributed by atoms with E-state index in [1.165, 1.54) is 13.0 Å². The third-order valence-electron chi connectivity index (χ3n) is 5.41. The van der Waals surface area contributed by atoms with Crippen LogP contribution in [-0.4, -0.2) is 43.0 Å². The minimum Gasteiger partial charge on any atom is -0.356 e. The number of nitrogens with zero attached hydrogens (tertiary/aromatic N) is 1. The van der Waals surface area contributed by atoms with E-state index in [-0.39, 0.29) is 17.9 Å². The number of carbonyl (C=O) groups excluding carboxylic acids is 1. The maximum atomic E-state index is 12.4. The predicted molar refractivity (Wildman–Crippen MR) is 82.3 cm³/mol. The molecule has 4 heteroatoms. The highest BCUT2D eigenvalue weighted by Crippen LogP contribution is 2.33. The van der Waals surface area contributed by atoms with Gasteiger partial charge in [-0.25, -0.2) is 0 Å². The van der Waals surface area contributed by atoms with Crippen LogP contribution in [0, 0.1) is 23.7 Å². The molecule has 1 saturated heterocycles. The van der Waals surface area contributed by atoms with E-state index >= 15 is 0 Å². The minimum absolute atomic E-state index is 0.116. The van der Waals surface area contributed by atoms with Crippen molar-refractivity contribution in [1.82, 2.24) is 10.2 Å². The maximum absolute atomic E-state index is 12.4. The molecule has 1 aliphatic carbocycles. The van der Waals surface area contributed by atoms with Gasteiger partial charge in [0.25, 0.3) is 0 Å². The van der Waals surface area contributed by atoms with Crippen molar-refractivity contribution in [2.45, 2.75) is 46.1 Å². The van der Waals surface area contributed by atoms with Crippen LogP contribution in [0.25, 0.3) is 0 Å². The molecule has 1 heterocycles. The van der Waals surface area contributed by atoms with Gasteiger partial charge < -0.3 is 16.0 Å². The average molecular weight is 281 g/mol. The monoisotopic (exact) mass is 281 g/mol. The van der Waals surface area contributed by atoms with E-state index < -0.39 is 0 Å². The van der Waals surface area contributed by atoms with Gasteiger partial charge >= 0.3 is 0 Å². The second-order valence-electron chi connectivity index (χ2n) is 6.99. The van der Waals surface area contributed by atoms with Gasteiger partial charge in [0.2, 0.25) is 5.91 Å². The van der Waals surface area contributed by atoms with Gasteiger partial charge in [0.05, 0.1) is 0 Å². The zero-order valence-corrected chi connectivity index (χ0v) is 13.3. The topological polar surface area (TPSA) is 58.4 Å². The lowest BCUT2D eigenvalue weighted by Crippen LogP contribution is -2.46. The molecule has 1 saturated carbocycles. The van der Waals surface area contributed by atoms with Crippen LogP contribution >= 0.6 is 0 Å². The summed E-state index contributed by atoms with van der Waals surface area (Å²) in [5, 5.41) is 3.18. The zero-order valence-electron chi connectivity index (χ0n) is 13.3. The first-order valence-electron chi connectivity index (χ1n) is 8.26. The van der Waals surface area contributed by atoms with Crippen LogP contribution in [0.5, 0.6) is 0 Å². The molecule has 0 spiro atoms. The van der Waals surface area contributed by atoms with Crippen LogP contribution in [-0.2, 0) is 4.79 Å². The van der Waals surface area contributed by atoms with Gasteiger partial charge in [-0.15, -0.1) is 0 Å². The highest BCUT2D eigenvalue weighted by molar-refractivity contribution is 5.79. The molecule has 2 aliphatic rings. The summed E-state index contributed by atoms with van der Waals surface area (Å²) in [6.07, 6.45) is 3.14. The Hall–Kier alpha value is -0.610. The summed E-state index contributed by atoms with van der Waals surface area (Å²) < 4.78 is 0. The van der Waals surface area contributed by atoms with Gasteiger partial charge in [-0.3, -0.25) is 4.79 Å². The zero-order chi connectivity index (χ0) is 14.7. The Morgan fingerprint density at radius 1 is 1.30 bits per heavy atom. The number of nitrogens with two attached hydrogens (primary N) is 1. The summed E-state index contributed by atoms with van der Waals surface area (Å²) in [5.74, 6) is 1.98. The molecule has 0 bridgehead atoms. The summed E-state index contributed by atoms with van der Waals surface area (Å²) in [6.45, 7) is 10.9. The van der Waals surface area contributed by atoms with Crippen molar-refractivity contribution in [2.24, 2.45) is 29.4 Å². The first-order valence-corrected chi connectivity index (χ1v) is 8.26. The van der Waals surface area contributed by atoms with Gasteiger partial charge in [-0.2, -0.15) is 0 Å². The molecule has 3 N–H and O–H groups in total. The molecule has 4 nitrogen and oxygen atoms in total. The van der Waals surface area contributed by atoms with Gasteiger partial charge in [0.15, 0.2) is 0 Å². The van der Waals surface area contributed by atoms with Gasteiger partial charge in [-0.1, -0.05) is 20.8 Å². The fraction of sp³-hybridized carbons (Fsp3) is 0.938. The lowest BCUT2D eigenvalue weighted by Gasteiger charge is -2.36. The van der Waals surface area contributed by atoms with E-state index in [9.17, 15) is 4.79 Å². The quantitative estimate of drug-likeness (QED) is 0.820. The van der Waals surface area contributed by atoms with Crippen LogP contribution in [0.1, 0.15) is 40.0 Å². The Morgan fingerprint density at radius 3 is 2.70 bits per heavy atom. The molecule has 116 valence electrons. The first-order chi connectivity index (χ1) is 9.51. The summed E-state index contributed by atoms with van der Waals surface area (Å²) >= 11 is 0. The Morgan fingerprint density at radius 2 is 2.05 bits per heavy atom. The van der Waals surface area contributed by atoms with E-state index in [1.54, 1.807) is 0 Å². The predicted octanol–water partition coefficient (Wildman–Crippen LogP) is 1.45. The van der Waals surface area contributed by atoms with Crippen molar-refractivity contribution in [1.29, 1.82) is 0 Å². The summed E-state index contributed by atoms with van der Waals surface area (Å²) in [6, 6.07) is 0.184. The largest absolute Gasteiger partial charge is 0.356 e. The average Bonchev–Trinajstić information content (AvgIpc) is 2.88. The number of carbonyl (C=O) groups is 1. The molecular weight excluding hydrogens is 250 g/mol. The summed E-state index contributed by atoms with van der Waals surface area (Å²) in [4.78, 5) is 14.8. The Balaban J connectivity index is 1.77. The molecule has 1 amide bonds. The summed E-state index contributed by atoms with van der Waals surface area (Å²) in [5.41, 5.74) is 6.14. The fourth-order valence-electron chi connectivity index (χ4n) is 3.79. The molecule has 5 unspecified atom stereocenters. The van der Waals surface area contributed by atoms with Crippen molar-refractivity contribution >= 4 is 5.91 Å². The fourth-order valence-corrected chi connectivity index (χ4v) is 3.79. The van der Waals surface area contributed by atoms with Crippen LogP contribution in [0.15, 0.2) is 0 Å². The number of hydrogen-bond acceptors (Lipinski definition) is 3. The third-order valence-corrected chi connectivity index (χ3v) is 5.41. The van der Waals surface area contributed by atoms with Crippen molar-refractivity contribution in [3.8, 4) is 0 Å². The second kappa shape index (κ2) is 6.90. The molecule has 1 aliphatic heterocycles. The SMILES string of the molecule is CCN1CCC(CNC(=O)C2CC(N)C(C)CC2C)C1. The van der Waals surface area contributed by atoms with Crippen molar-refractivity contribution < 1.29 is 4.79 Å². The molecule has 0 aromatic rings. The third kappa shape index (κ3) is 3.73. The van der Waals surface area contributed by atoms with Gasteiger partial charge in [0.1, 0.15) is 0 Å². The van der Waals surface area contributed by atoms with Crippen LogP contribution < -0.4 is 11.1 Å².